The average Bonchev–Trinajstić information content (AvgIpc) is 2.57. The molecule has 0 amide bonds. The lowest BCUT2D eigenvalue weighted by atomic mass is 9.83. The molecule has 2 heterocycles. The zero-order valence-electron chi connectivity index (χ0n) is 12.8. The van der Waals surface area contributed by atoms with Crippen molar-refractivity contribution in [2.75, 3.05) is 7.11 Å². The van der Waals surface area contributed by atoms with Gasteiger partial charge < -0.3 is 14.0 Å². The van der Waals surface area contributed by atoms with Gasteiger partial charge in [-0.05, 0) is 46.2 Å². The van der Waals surface area contributed by atoms with Crippen LogP contribution in [0.5, 0.6) is 5.88 Å². The fraction of sp³-hybridized carbons (Fsp3) is 0.571. The van der Waals surface area contributed by atoms with Crippen LogP contribution < -0.4 is 10.3 Å². The van der Waals surface area contributed by atoms with Crippen molar-refractivity contribution in [3.63, 3.8) is 0 Å². The predicted molar refractivity (Wildman–Crippen MR) is 76.6 cm³/mol. The molecule has 0 bridgehead atoms. The zero-order valence-corrected chi connectivity index (χ0v) is 12.8. The molecule has 0 radical (unpaired) electrons. The lowest BCUT2D eigenvalue weighted by Gasteiger charge is -2.32. The SMILES string of the molecule is COc1nc(B2OC(C)(C)C(C)(C)O2)cc(C)c1C=O. The molecule has 0 atom stereocenters. The van der Waals surface area contributed by atoms with Crippen LogP contribution in [0.2, 0.25) is 0 Å². The molecule has 0 aromatic carbocycles. The van der Waals surface area contributed by atoms with Crippen molar-refractivity contribution in [3.05, 3.63) is 17.2 Å². The fourth-order valence-corrected chi connectivity index (χ4v) is 2.06. The third-order valence-corrected chi connectivity index (χ3v) is 4.06. The summed E-state index contributed by atoms with van der Waals surface area (Å²) < 4.78 is 17.1. The van der Waals surface area contributed by atoms with Crippen LogP contribution in [0.15, 0.2) is 6.07 Å². The van der Waals surface area contributed by atoms with Crippen LogP contribution in [-0.2, 0) is 9.31 Å². The van der Waals surface area contributed by atoms with E-state index in [0.717, 1.165) is 11.8 Å². The number of hydrogen-bond acceptors (Lipinski definition) is 5. The second-order valence-corrected chi connectivity index (χ2v) is 5.99. The molecular formula is C14H20BNO4. The number of aromatic nitrogens is 1. The van der Waals surface area contributed by atoms with Crippen molar-refractivity contribution in [2.45, 2.75) is 45.8 Å². The zero-order chi connectivity index (χ0) is 15.1. The Bertz CT molecular complexity index is 526. The highest BCUT2D eigenvalue weighted by Gasteiger charge is 2.52. The molecular weight excluding hydrogens is 257 g/mol. The van der Waals surface area contributed by atoms with Gasteiger partial charge >= 0.3 is 7.12 Å². The molecule has 1 aliphatic rings. The first-order chi connectivity index (χ1) is 9.21. The van der Waals surface area contributed by atoms with Crippen molar-refractivity contribution in [1.82, 2.24) is 4.98 Å². The maximum absolute atomic E-state index is 11.1. The Morgan fingerprint density at radius 3 is 2.25 bits per heavy atom. The molecule has 0 unspecified atom stereocenters. The van der Waals surface area contributed by atoms with E-state index in [2.05, 4.69) is 4.98 Å². The predicted octanol–water partition coefficient (Wildman–Crippen LogP) is 1.51. The van der Waals surface area contributed by atoms with E-state index in [1.165, 1.54) is 7.11 Å². The minimum absolute atomic E-state index is 0.296. The molecule has 6 heteroatoms. The molecule has 1 aliphatic heterocycles. The Labute approximate surface area is 119 Å². The van der Waals surface area contributed by atoms with Gasteiger partial charge in [0, 0.05) is 0 Å². The third-order valence-electron chi connectivity index (χ3n) is 4.06. The van der Waals surface area contributed by atoms with Gasteiger partial charge in [-0.1, -0.05) is 0 Å². The first kappa shape index (κ1) is 15.0. The molecule has 0 saturated carbocycles. The molecule has 0 spiro atoms. The molecule has 108 valence electrons. The van der Waals surface area contributed by atoms with Crippen LogP contribution in [0.1, 0.15) is 43.6 Å². The molecule has 1 saturated heterocycles. The minimum atomic E-state index is -0.562. The lowest BCUT2D eigenvalue weighted by molar-refractivity contribution is 0.00578. The molecule has 2 rings (SSSR count). The van der Waals surface area contributed by atoms with Crippen LogP contribution in [0, 0.1) is 6.92 Å². The maximum atomic E-state index is 11.1. The molecule has 1 fully saturated rings. The number of aldehydes is 1. The quantitative estimate of drug-likeness (QED) is 0.619. The van der Waals surface area contributed by atoms with Gasteiger partial charge in [-0.3, -0.25) is 4.79 Å². The van der Waals surface area contributed by atoms with Gasteiger partial charge in [0.15, 0.2) is 6.29 Å². The average molecular weight is 277 g/mol. The summed E-state index contributed by atoms with van der Waals surface area (Å²) in [6, 6.07) is 1.80. The van der Waals surface area contributed by atoms with E-state index in [-0.39, 0.29) is 0 Å². The summed E-state index contributed by atoms with van der Waals surface area (Å²) in [5.74, 6) is 0.296. The number of pyridine rings is 1. The highest BCUT2D eigenvalue weighted by Crippen LogP contribution is 2.36. The van der Waals surface area contributed by atoms with E-state index < -0.39 is 18.3 Å². The standard InChI is InChI=1S/C14H20BNO4/c1-9-7-11(16-12(18-6)10(9)8-17)15-19-13(2,3)14(4,5)20-15/h7-8H,1-6H3. The van der Waals surface area contributed by atoms with E-state index in [1.54, 1.807) is 6.07 Å². The van der Waals surface area contributed by atoms with E-state index in [1.807, 2.05) is 34.6 Å². The van der Waals surface area contributed by atoms with Crippen molar-refractivity contribution < 1.29 is 18.8 Å². The van der Waals surface area contributed by atoms with Gasteiger partial charge in [0.25, 0.3) is 0 Å². The largest absolute Gasteiger partial charge is 0.514 e. The second-order valence-electron chi connectivity index (χ2n) is 5.99. The Kier molecular flexibility index (Phi) is 3.65. The van der Waals surface area contributed by atoms with Gasteiger partial charge in [0.1, 0.15) is 0 Å². The number of ether oxygens (including phenoxy) is 1. The summed E-state index contributed by atoms with van der Waals surface area (Å²) in [4.78, 5) is 15.4. The Morgan fingerprint density at radius 2 is 1.80 bits per heavy atom. The smallest absolute Gasteiger partial charge is 0.480 e. The van der Waals surface area contributed by atoms with Crippen molar-refractivity contribution in [3.8, 4) is 5.88 Å². The van der Waals surface area contributed by atoms with Crippen molar-refractivity contribution in [2.24, 2.45) is 0 Å². The van der Waals surface area contributed by atoms with Gasteiger partial charge in [-0.2, -0.15) is 0 Å². The van der Waals surface area contributed by atoms with Crippen LogP contribution in [-0.4, -0.2) is 36.7 Å². The van der Waals surface area contributed by atoms with E-state index in [4.69, 9.17) is 14.0 Å². The number of carbonyl (C=O) groups is 1. The molecule has 1 aromatic heterocycles. The van der Waals surface area contributed by atoms with Crippen molar-refractivity contribution in [1.29, 1.82) is 0 Å². The van der Waals surface area contributed by atoms with Crippen LogP contribution >= 0.6 is 0 Å². The number of aryl methyl sites for hydroxylation is 1. The summed E-state index contributed by atoms with van der Waals surface area (Å²) in [5.41, 5.74) is 1.00. The van der Waals surface area contributed by atoms with Crippen LogP contribution in [0.4, 0.5) is 0 Å². The number of rotatable bonds is 3. The Balaban J connectivity index is 2.41. The summed E-state index contributed by atoms with van der Waals surface area (Å²) >= 11 is 0. The molecule has 20 heavy (non-hydrogen) atoms. The third kappa shape index (κ3) is 2.34. The highest BCUT2D eigenvalue weighted by atomic mass is 16.7. The Morgan fingerprint density at radius 1 is 1.25 bits per heavy atom. The second kappa shape index (κ2) is 4.86. The summed E-state index contributed by atoms with van der Waals surface area (Å²) in [6.07, 6.45) is 0.745. The molecule has 1 aromatic rings. The van der Waals surface area contributed by atoms with Gasteiger partial charge in [0.2, 0.25) is 5.88 Å². The van der Waals surface area contributed by atoms with E-state index >= 15 is 0 Å². The Hall–Kier alpha value is -1.40. The van der Waals surface area contributed by atoms with Gasteiger partial charge in [0.05, 0.1) is 29.5 Å². The first-order valence-corrected chi connectivity index (χ1v) is 6.58. The molecule has 5 nitrogen and oxygen atoms in total. The fourth-order valence-electron chi connectivity index (χ4n) is 2.06. The van der Waals surface area contributed by atoms with Crippen LogP contribution in [0.3, 0.4) is 0 Å². The number of carbonyl (C=O) groups excluding carboxylic acids is 1. The van der Waals surface area contributed by atoms with E-state index in [0.29, 0.717) is 17.0 Å². The highest BCUT2D eigenvalue weighted by molar-refractivity contribution is 6.61. The number of hydrogen-bond donors (Lipinski definition) is 0. The summed E-state index contributed by atoms with van der Waals surface area (Å²) in [6.45, 7) is 9.77. The molecule has 0 aliphatic carbocycles. The monoisotopic (exact) mass is 277 g/mol. The lowest BCUT2D eigenvalue weighted by Crippen LogP contribution is -2.41. The van der Waals surface area contributed by atoms with Crippen LogP contribution in [0.25, 0.3) is 0 Å². The van der Waals surface area contributed by atoms with Gasteiger partial charge in [-0.15, -0.1) is 0 Å². The topological polar surface area (TPSA) is 57.6 Å². The molecule has 0 N–H and O–H groups in total. The van der Waals surface area contributed by atoms with Gasteiger partial charge in [-0.25, -0.2) is 4.98 Å². The number of nitrogens with zero attached hydrogens (tertiary/aromatic N) is 1. The number of methoxy groups -OCH3 is 1. The maximum Gasteiger partial charge on any atom is 0.514 e. The first-order valence-electron chi connectivity index (χ1n) is 6.58. The normalized spacial score (nSPS) is 20.0. The van der Waals surface area contributed by atoms with E-state index in [9.17, 15) is 4.79 Å². The summed E-state index contributed by atoms with van der Waals surface area (Å²) in [5, 5.41) is 0. The summed E-state index contributed by atoms with van der Waals surface area (Å²) in [7, 11) is 0.927. The van der Waals surface area contributed by atoms with Crippen molar-refractivity contribution >= 4 is 19.0 Å². The minimum Gasteiger partial charge on any atom is -0.480 e.